The number of nitrogens with one attached hydrogen (secondary N) is 1. The predicted molar refractivity (Wildman–Crippen MR) is 80.4 cm³/mol. The molecule has 0 aliphatic carbocycles. The van der Waals surface area contributed by atoms with Crippen LogP contribution in [0.4, 0.5) is 5.69 Å². The van der Waals surface area contributed by atoms with Gasteiger partial charge in [0.05, 0.1) is 19.0 Å². The van der Waals surface area contributed by atoms with Crippen LogP contribution in [0.2, 0.25) is 0 Å². The Balaban J connectivity index is 2.19. The van der Waals surface area contributed by atoms with Crippen LogP contribution in [0, 0.1) is 0 Å². The fourth-order valence-electron chi connectivity index (χ4n) is 2.29. The van der Waals surface area contributed by atoms with Crippen molar-refractivity contribution < 1.29 is 4.74 Å². The molecular weight excluding hydrogens is 250 g/mol. The number of ether oxygens (including phenoxy) is 1. The molecule has 0 saturated carbocycles. The first-order valence-corrected chi connectivity index (χ1v) is 6.33. The molecule has 0 fully saturated rings. The molecule has 0 bridgehead atoms. The Morgan fingerprint density at radius 3 is 2.40 bits per heavy atom. The number of methoxy groups -OCH3 is 1. The topological polar surface area (TPSA) is 63.9 Å². The summed E-state index contributed by atoms with van der Waals surface area (Å²) in [5.74, 6) is 0.810. The van der Waals surface area contributed by atoms with Crippen molar-refractivity contribution in [3.63, 3.8) is 0 Å². The minimum absolute atomic E-state index is 0.716. The van der Waals surface area contributed by atoms with Crippen LogP contribution in [0.5, 0.6) is 5.75 Å². The minimum atomic E-state index is 0.716. The van der Waals surface area contributed by atoms with Gasteiger partial charge in [0.25, 0.3) is 0 Å². The molecule has 0 radical (unpaired) electrons. The molecular formula is C16H15N3O. The zero-order valence-electron chi connectivity index (χ0n) is 11.1. The van der Waals surface area contributed by atoms with E-state index in [2.05, 4.69) is 10.2 Å². The highest BCUT2D eigenvalue weighted by Crippen LogP contribution is 2.37. The summed E-state index contributed by atoms with van der Waals surface area (Å²) in [6.45, 7) is 0. The largest absolute Gasteiger partial charge is 0.496 e. The van der Waals surface area contributed by atoms with Gasteiger partial charge >= 0.3 is 0 Å². The number of para-hydroxylation sites is 2. The highest BCUT2D eigenvalue weighted by atomic mass is 16.5. The molecule has 3 aromatic rings. The smallest absolute Gasteiger partial charge is 0.126 e. The molecule has 0 unspecified atom stereocenters. The number of nitrogens with zero attached hydrogens (tertiary/aromatic N) is 1. The van der Waals surface area contributed by atoms with Gasteiger partial charge in [0, 0.05) is 22.4 Å². The van der Waals surface area contributed by atoms with Gasteiger partial charge in [0.2, 0.25) is 0 Å². The summed E-state index contributed by atoms with van der Waals surface area (Å²) in [4.78, 5) is 0. The van der Waals surface area contributed by atoms with Crippen molar-refractivity contribution in [1.82, 2.24) is 10.2 Å². The third kappa shape index (κ3) is 2.01. The number of aromatic nitrogens is 2. The van der Waals surface area contributed by atoms with Crippen LogP contribution in [0.15, 0.2) is 54.7 Å². The lowest BCUT2D eigenvalue weighted by molar-refractivity contribution is 0.416. The van der Waals surface area contributed by atoms with Gasteiger partial charge in [-0.3, -0.25) is 5.10 Å². The number of aromatic amines is 1. The molecule has 1 aromatic heterocycles. The third-order valence-corrected chi connectivity index (χ3v) is 3.27. The summed E-state index contributed by atoms with van der Waals surface area (Å²) >= 11 is 0. The van der Waals surface area contributed by atoms with E-state index in [1.165, 1.54) is 0 Å². The number of nitrogens with two attached hydrogens (primary N) is 1. The van der Waals surface area contributed by atoms with Crippen LogP contribution < -0.4 is 10.5 Å². The van der Waals surface area contributed by atoms with Crippen molar-refractivity contribution in [2.24, 2.45) is 0 Å². The van der Waals surface area contributed by atoms with Gasteiger partial charge in [-0.1, -0.05) is 36.4 Å². The molecule has 1 heterocycles. The van der Waals surface area contributed by atoms with Gasteiger partial charge in [-0.05, 0) is 12.1 Å². The average Bonchev–Trinajstić information content (AvgIpc) is 2.96. The normalized spacial score (nSPS) is 10.4. The summed E-state index contributed by atoms with van der Waals surface area (Å²) in [5.41, 5.74) is 10.6. The molecule has 4 nitrogen and oxygen atoms in total. The van der Waals surface area contributed by atoms with Crippen molar-refractivity contribution in [2.75, 3.05) is 12.8 Å². The second-order valence-corrected chi connectivity index (χ2v) is 4.45. The fourth-order valence-corrected chi connectivity index (χ4v) is 2.29. The van der Waals surface area contributed by atoms with Crippen molar-refractivity contribution in [1.29, 1.82) is 0 Å². The standard InChI is InChI=1S/C16H15N3O/c1-20-15-9-5-3-6-11(15)13-10-18-19-16(13)12-7-2-4-8-14(12)17/h2-10H,17H2,1H3,(H,18,19). The van der Waals surface area contributed by atoms with E-state index < -0.39 is 0 Å². The first-order chi connectivity index (χ1) is 9.81. The van der Waals surface area contributed by atoms with E-state index in [0.29, 0.717) is 5.69 Å². The average molecular weight is 265 g/mol. The van der Waals surface area contributed by atoms with Crippen LogP contribution >= 0.6 is 0 Å². The molecule has 20 heavy (non-hydrogen) atoms. The minimum Gasteiger partial charge on any atom is -0.496 e. The molecule has 0 atom stereocenters. The number of hydrogen-bond acceptors (Lipinski definition) is 3. The van der Waals surface area contributed by atoms with Crippen LogP contribution in [0.3, 0.4) is 0 Å². The molecule has 3 N–H and O–H groups in total. The molecule has 2 aromatic carbocycles. The molecule has 100 valence electrons. The van der Waals surface area contributed by atoms with E-state index in [1.807, 2.05) is 48.5 Å². The summed E-state index contributed by atoms with van der Waals surface area (Å²) in [7, 11) is 1.66. The van der Waals surface area contributed by atoms with Gasteiger partial charge in [-0.2, -0.15) is 5.10 Å². The van der Waals surface area contributed by atoms with E-state index in [1.54, 1.807) is 13.3 Å². The van der Waals surface area contributed by atoms with Crippen molar-refractivity contribution in [3.8, 4) is 28.1 Å². The number of hydrogen-bond donors (Lipinski definition) is 2. The zero-order chi connectivity index (χ0) is 13.9. The molecule has 0 aliphatic heterocycles. The maximum absolute atomic E-state index is 6.05. The van der Waals surface area contributed by atoms with Crippen LogP contribution in [-0.2, 0) is 0 Å². The summed E-state index contributed by atoms with van der Waals surface area (Å²) in [6.07, 6.45) is 1.79. The lowest BCUT2D eigenvalue weighted by Gasteiger charge is -2.10. The monoisotopic (exact) mass is 265 g/mol. The lowest BCUT2D eigenvalue weighted by Crippen LogP contribution is -1.92. The number of nitrogen functional groups attached to an aromatic ring is 1. The van der Waals surface area contributed by atoms with Crippen LogP contribution in [0.25, 0.3) is 22.4 Å². The van der Waals surface area contributed by atoms with Crippen molar-refractivity contribution in [3.05, 3.63) is 54.7 Å². The van der Waals surface area contributed by atoms with Gasteiger partial charge in [0.1, 0.15) is 5.75 Å². The first-order valence-electron chi connectivity index (χ1n) is 6.33. The Morgan fingerprint density at radius 1 is 0.950 bits per heavy atom. The van der Waals surface area contributed by atoms with Gasteiger partial charge in [-0.15, -0.1) is 0 Å². The molecule has 0 saturated heterocycles. The highest BCUT2D eigenvalue weighted by molar-refractivity contribution is 5.87. The predicted octanol–water partition coefficient (Wildman–Crippen LogP) is 3.33. The number of rotatable bonds is 3. The summed E-state index contributed by atoms with van der Waals surface area (Å²) < 4.78 is 5.42. The molecule has 3 rings (SSSR count). The van der Waals surface area contributed by atoms with Gasteiger partial charge in [-0.25, -0.2) is 0 Å². The lowest BCUT2D eigenvalue weighted by atomic mass is 10.00. The fraction of sp³-hybridized carbons (Fsp3) is 0.0625. The molecule has 0 spiro atoms. The number of anilines is 1. The maximum Gasteiger partial charge on any atom is 0.126 e. The van der Waals surface area contributed by atoms with E-state index in [9.17, 15) is 0 Å². The van der Waals surface area contributed by atoms with E-state index in [4.69, 9.17) is 10.5 Å². The van der Waals surface area contributed by atoms with E-state index in [0.717, 1.165) is 28.1 Å². The Morgan fingerprint density at radius 2 is 1.65 bits per heavy atom. The summed E-state index contributed by atoms with van der Waals surface area (Å²) in [6, 6.07) is 15.6. The van der Waals surface area contributed by atoms with Crippen molar-refractivity contribution in [2.45, 2.75) is 0 Å². The molecule has 0 aliphatic rings. The first kappa shape index (κ1) is 12.3. The number of H-pyrrole nitrogens is 1. The Labute approximate surface area is 117 Å². The zero-order valence-corrected chi connectivity index (χ0v) is 11.1. The second kappa shape index (κ2) is 5.09. The van der Waals surface area contributed by atoms with Crippen LogP contribution in [-0.4, -0.2) is 17.3 Å². The maximum atomic E-state index is 6.05. The Bertz CT molecular complexity index is 734. The van der Waals surface area contributed by atoms with Gasteiger partial charge < -0.3 is 10.5 Å². The second-order valence-electron chi connectivity index (χ2n) is 4.45. The van der Waals surface area contributed by atoms with Gasteiger partial charge in [0.15, 0.2) is 0 Å². The van der Waals surface area contributed by atoms with Crippen molar-refractivity contribution >= 4 is 5.69 Å². The SMILES string of the molecule is COc1ccccc1-c1cn[nH]c1-c1ccccc1N. The van der Waals surface area contributed by atoms with Crippen LogP contribution in [0.1, 0.15) is 0 Å². The third-order valence-electron chi connectivity index (χ3n) is 3.27. The molecule has 0 amide bonds. The Kier molecular flexibility index (Phi) is 3.13. The van der Waals surface area contributed by atoms with E-state index in [-0.39, 0.29) is 0 Å². The number of benzene rings is 2. The Hall–Kier alpha value is -2.75. The summed E-state index contributed by atoms with van der Waals surface area (Å²) in [5, 5.41) is 7.18. The highest BCUT2D eigenvalue weighted by Gasteiger charge is 2.14. The quantitative estimate of drug-likeness (QED) is 0.714. The molecule has 4 heteroatoms. The van der Waals surface area contributed by atoms with E-state index >= 15 is 0 Å².